The van der Waals surface area contributed by atoms with Crippen molar-refractivity contribution in [1.29, 1.82) is 10.5 Å². The van der Waals surface area contributed by atoms with Gasteiger partial charge in [-0.2, -0.15) is 10.5 Å². The number of hydrogen-bond donors (Lipinski definition) is 0. The Hall–Kier alpha value is -2.01. The van der Waals surface area contributed by atoms with Crippen molar-refractivity contribution < 1.29 is 8.78 Å². The first kappa shape index (κ1) is 10.1. The Balaban J connectivity index is 3.31. The minimum absolute atomic E-state index is 0.113. The minimum Gasteiger partial charge on any atom is -0.263 e. The maximum Gasteiger partial charge on any atom is 0.265 e. The fraction of sp³-hybridized carbons (Fsp3) is 0.222. The highest BCUT2D eigenvalue weighted by atomic mass is 19.3. The molecule has 0 aromatic carbocycles. The molecule has 0 N–H and O–H groups in total. The second kappa shape index (κ2) is 4.29. The summed E-state index contributed by atoms with van der Waals surface area (Å²) in [5.41, 5.74) is -0.446. The van der Waals surface area contributed by atoms with Gasteiger partial charge >= 0.3 is 0 Å². The van der Waals surface area contributed by atoms with Gasteiger partial charge in [0.05, 0.1) is 18.1 Å². The van der Waals surface area contributed by atoms with Crippen molar-refractivity contribution in [3.05, 3.63) is 29.1 Å². The van der Waals surface area contributed by atoms with Crippen molar-refractivity contribution >= 4 is 0 Å². The van der Waals surface area contributed by atoms with Gasteiger partial charge in [0.25, 0.3) is 6.43 Å². The van der Waals surface area contributed by atoms with Crippen LogP contribution in [0.15, 0.2) is 12.4 Å². The lowest BCUT2D eigenvalue weighted by atomic mass is 10.0. The third-order valence-corrected chi connectivity index (χ3v) is 1.68. The Morgan fingerprint density at radius 1 is 1.36 bits per heavy atom. The number of nitriles is 2. The number of halogens is 2. The first-order valence-corrected chi connectivity index (χ1v) is 3.72. The van der Waals surface area contributed by atoms with Gasteiger partial charge in [-0.25, -0.2) is 8.78 Å². The molecular formula is C9H5F2N3. The smallest absolute Gasteiger partial charge is 0.263 e. The number of hydrogen-bond acceptors (Lipinski definition) is 3. The Morgan fingerprint density at radius 3 is 2.57 bits per heavy atom. The molecular weight excluding hydrogens is 188 g/mol. The molecule has 0 amide bonds. The summed E-state index contributed by atoms with van der Waals surface area (Å²) in [7, 11) is 0. The molecule has 1 heterocycles. The lowest BCUT2D eigenvalue weighted by molar-refractivity contribution is 0.150. The minimum atomic E-state index is -2.75. The number of aromatic nitrogens is 1. The first-order valence-electron chi connectivity index (χ1n) is 3.72. The average molecular weight is 193 g/mol. The van der Waals surface area contributed by atoms with Crippen LogP contribution in [0.3, 0.4) is 0 Å². The van der Waals surface area contributed by atoms with Crippen molar-refractivity contribution in [2.24, 2.45) is 0 Å². The zero-order valence-electron chi connectivity index (χ0n) is 7.04. The van der Waals surface area contributed by atoms with Crippen LogP contribution in [-0.4, -0.2) is 4.98 Å². The van der Waals surface area contributed by atoms with Crippen molar-refractivity contribution in [3.63, 3.8) is 0 Å². The highest BCUT2D eigenvalue weighted by Crippen LogP contribution is 2.25. The summed E-state index contributed by atoms with van der Waals surface area (Å²) in [5, 5.41) is 16.9. The number of pyridine rings is 1. The van der Waals surface area contributed by atoms with Gasteiger partial charge in [-0.15, -0.1) is 0 Å². The van der Waals surface area contributed by atoms with E-state index < -0.39 is 6.43 Å². The SMILES string of the molecule is N#CCc1cncc(C#N)c1C(F)F. The van der Waals surface area contributed by atoms with Crippen LogP contribution in [0.5, 0.6) is 0 Å². The van der Waals surface area contributed by atoms with E-state index in [2.05, 4.69) is 4.98 Å². The van der Waals surface area contributed by atoms with Crippen molar-refractivity contribution in [3.8, 4) is 12.1 Å². The lowest BCUT2D eigenvalue weighted by Crippen LogP contribution is -1.99. The lowest BCUT2D eigenvalue weighted by Gasteiger charge is -2.06. The monoisotopic (exact) mass is 193 g/mol. The Labute approximate surface area is 79.2 Å². The fourth-order valence-electron chi connectivity index (χ4n) is 1.09. The molecule has 0 bridgehead atoms. The molecule has 0 aliphatic carbocycles. The van der Waals surface area contributed by atoms with E-state index in [1.165, 1.54) is 6.20 Å². The van der Waals surface area contributed by atoms with Crippen molar-refractivity contribution in [1.82, 2.24) is 4.98 Å². The standard InChI is InChI=1S/C9H5F2N3/c10-9(11)8-6(1-2-12)4-14-5-7(8)3-13/h4-5,9H,1H2. The first-order chi connectivity index (χ1) is 6.70. The van der Waals surface area contributed by atoms with E-state index in [9.17, 15) is 8.78 Å². The largest absolute Gasteiger partial charge is 0.265 e. The number of alkyl halides is 2. The van der Waals surface area contributed by atoms with E-state index in [4.69, 9.17) is 10.5 Å². The molecule has 0 unspecified atom stereocenters. The van der Waals surface area contributed by atoms with Crippen molar-refractivity contribution in [2.45, 2.75) is 12.8 Å². The molecule has 0 saturated carbocycles. The summed E-state index contributed by atoms with van der Waals surface area (Å²) < 4.78 is 25.0. The summed E-state index contributed by atoms with van der Waals surface area (Å²) in [6.07, 6.45) is -0.660. The van der Waals surface area contributed by atoms with Crippen molar-refractivity contribution in [2.75, 3.05) is 0 Å². The zero-order valence-corrected chi connectivity index (χ0v) is 7.04. The molecule has 0 atom stereocenters. The van der Waals surface area contributed by atoms with Gasteiger partial charge in [-0.1, -0.05) is 0 Å². The van der Waals surface area contributed by atoms with Crippen LogP contribution < -0.4 is 0 Å². The Morgan fingerprint density at radius 2 is 2.07 bits per heavy atom. The normalized spacial score (nSPS) is 9.50. The van der Waals surface area contributed by atoms with Crippen LogP contribution in [0.2, 0.25) is 0 Å². The summed E-state index contributed by atoms with van der Waals surface area (Å²) in [5.74, 6) is 0. The maximum atomic E-state index is 12.5. The molecule has 1 aromatic rings. The maximum absolute atomic E-state index is 12.5. The van der Waals surface area contributed by atoms with Gasteiger partial charge in [0.15, 0.2) is 0 Å². The quantitative estimate of drug-likeness (QED) is 0.721. The van der Waals surface area contributed by atoms with Crippen LogP contribution in [0.4, 0.5) is 8.78 Å². The Bertz CT molecular complexity index is 415. The van der Waals surface area contributed by atoms with E-state index in [-0.39, 0.29) is 23.1 Å². The van der Waals surface area contributed by atoms with Crippen LogP contribution in [-0.2, 0) is 6.42 Å². The van der Waals surface area contributed by atoms with Crippen LogP contribution >= 0.6 is 0 Å². The third kappa shape index (κ3) is 1.83. The van der Waals surface area contributed by atoms with Crippen LogP contribution in [0.1, 0.15) is 23.1 Å². The van der Waals surface area contributed by atoms with Gasteiger partial charge in [-0.05, 0) is 5.56 Å². The molecule has 0 saturated heterocycles. The van der Waals surface area contributed by atoms with Gasteiger partial charge in [0.1, 0.15) is 6.07 Å². The molecule has 1 rings (SSSR count). The van der Waals surface area contributed by atoms with Gasteiger partial charge in [0, 0.05) is 18.0 Å². The molecule has 1 aromatic heterocycles. The molecule has 5 heteroatoms. The predicted molar refractivity (Wildman–Crippen MR) is 43.2 cm³/mol. The molecule has 70 valence electrons. The van der Waals surface area contributed by atoms with Crippen LogP contribution in [0, 0.1) is 22.7 Å². The number of nitrogens with zero attached hydrogens (tertiary/aromatic N) is 3. The van der Waals surface area contributed by atoms with Gasteiger partial charge < -0.3 is 0 Å². The van der Waals surface area contributed by atoms with Crippen LogP contribution in [0.25, 0.3) is 0 Å². The fourth-order valence-corrected chi connectivity index (χ4v) is 1.09. The van der Waals surface area contributed by atoms with E-state index in [1.807, 2.05) is 0 Å². The Kier molecular flexibility index (Phi) is 3.09. The molecule has 0 fully saturated rings. The summed E-state index contributed by atoms with van der Waals surface area (Å²) >= 11 is 0. The van der Waals surface area contributed by atoms with Gasteiger partial charge in [0.2, 0.25) is 0 Å². The molecule has 0 aliphatic heterocycles. The third-order valence-electron chi connectivity index (χ3n) is 1.68. The van der Waals surface area contributed by atoms with E-state index in [1.54, 1.807) is 12.1 Å². The topological polar surface area (TPSA) is 60.5 Å². The second-order valence-electron chi connectivity index (χ2n) is 2.51. The molecule has 0 radical (unpaired) electrons. The van der Waals surface area contributed by atoms with Gasteiger partial charge in [-0.3, -0.25) is 4.98 Å². The molecule has 0 spiro atoms. The number of rotatable bonds is 2. The summed E-state index contributed by atoms with van der Waals surface area (Å²) in [4.78, 5) is 3.61. The highest BCUT2D eigenvalue weighted by Gasteiger charge is 2.17. The summed E-state index contributed by atoms with van der Waals surface area (Å²) in [6, 6.07) is 3.37. The molecule has 14 heavy (non-hydrogen) atoms. The average Bonchev–Trinajstić information content (AvgIpc) is 2.17. The molecule has 0 aliphatic rings. The van der Waals surface area contributed by atoms with E-state index in [0.29, 0.717) is 0 Å². The second-order valence-corrected chi connectivity index (χ2v) is 2.51. The predicted octanol–water partition coefficient (Wildman–Crippen LogP) is 1.96. The summed E-state index contributed by atoms with van der Waals surface area (Å²) in [6.45, 7) is 0. The highest BCUT2D eigenvalue weighted by molar-refractivity contribution is 5.41. The van der Waals surface area contributed by atoms with E-state index >= 15 is 0 Å². The molecule has 3 nitrogen and oxygen atoms in total. The zero-order chi connectivity index (χ0) is 10.6. The van der Waals surface area contributed by atoms with E-state index in [0.717, 1.165) is 6.20 Å².